The molecule has 7 heteroatoms. The smallest absolute Gasteiger partial charge is 0.254 e. The molecule has 2 aliphatic rings. The first-order chi connectivity index (χ1) is 14.7. The van der Waals surface area contributed by atoms with Gasteiger partial charge in [0.1, 0.15) is 17.9 Å². The number of carbonyl (C=O) groups excluding carboxylic acids is 2. The van der Waals surface area contributed by atoms with Crippen molar-refractivity contribution in [3.63, 3.8) is 0 Å². The number of ether oxygens (including phenoxy) is 2. The zero-order valence-electron chi connectivity index (χ0n) is 16.6. The largest absolute Gasteiger partial charge is 0.488 e. The van der Waals surface area contributed by atoms with Gasteiger partial charge in [0, 0.05) is 25.1 Å². The summed E-state index contributed by atoms with van der Waals surface area (Å²) in [5.41, 5.74) is 0.938. The second-order valence-corrected chi connectivity index (χ2v) is 7.39. The minimum atomic E-state index is -0.583. The van der Waals surface area contributed by atoms with Gasteiger partial charge in [-0.05, 0) is 36.4 Å². The van der Waals surface area contributed by atoms with Crippen molar-refractivity contribution < 1.29 is 19.1 Å². The third-order valence-corrected chi connectivity index (χ3v) is 5.44. The predicted molar refractivity (Wildman–Crippen MR) is 109 cm³/mol. The Bertz CT molecular complexity index is 933. The minimum Gasteiger partial charge on any atom is -0.488 e. The van der Waals surface area contributed by atoms with Crippen LogP contribution in [0.25, 0.3) is 0 Å². The number of benzene rings is 2. The van der Waals surface area contributed by atoms with Gasteiger partial charge in [-0.15, -0.1) is 0 Å². The first-order valence-corrected chi connectivity index (χ1v) is 10.0. The number of morpholine rings is 1. The van der Waals surface area contributed by atoms with Crippen LogP contribution in [0, 0.1) is 11.3 Å². The lowest BCUT2D eigenvalue weighted by molar-refractivity contribution is -0.139. The van der Waals surface area contributed by atoms with E-state index in [-0.39, 0.29) is 17.9 Å². The molecule has 2 saturated heterocycles. The Hall–Kier alpha value is -3.37. The maximum absolute atomic E-state index is 13.2. The van der Waals surface area contributed by atoms with E-state index in [4.69, 9.17) is 14.7 Å². The number of nitrogens with zero attached hydrogens (tertiary/aromatic N) is 3. The molecule has 0 aliphatic carbocycles. The van der Waals surface area contributed by atoms with Crippen LogP contribution in [0.5, 0.6) is 5.75 Å². The Morgan fingerprint density at radius 3 is 2.40 bits per heavy atom. The lowest BCUT2D eigenvalue weighted by Gasteiger charge is -2.32. The Kier molecular flexibility index (Phi) is 5.96. The molecule has 30 heavy (non-hydrogen) atoms. The van der Waals surface area contributed by atoms with Crippen LogP contribution in [0.4, 0.5) is 0 Å². The van der Waals surface area contributed by atoms with Gasteiger partial charge in [-0.25, -0.2) is 0 Å². The van der Waals surface area contributed by atoms with Crippen molar-refractivity contribution in [3.8, 4) is 11.8 Å². The van der Waals surface area contributed by atoms with E-state index in [1.165, 1.54) is 0 Å². The Morgan fingerprint density at radius 2 is 1.73 bits per heavy atom. The van der Waals surface area contributed by atoms with E-state index < -0.39 is 6.04 Å². The SMILES string of the molecule is N#Cc1ccc(C(=O)N2CC(Oc3ccccc3)CC2C(=O)N2CCOCC2)cc1. The van der Waals surface area contributed by atoms with E-state index in [0.29, 0.717) is 56.1 Å². The van der Waals surface area contributed by atoms with Crippen LogP contribution in [0.15, 0.2) is 54.6 Å². The molecule has 4 rings (SSSR count). The molecule has 2 aliphatic heterocycles. The van der Waals surface area contributed by atoms with Crippen molar-refractivity contribution >= 4 is 11.8 Å². The fourth-order valence-corrected chi connectivity index (χ4v) is 3.88. The fourth-order valence-electron chi connectivity index (χ4n) is 3.88. The molecule has 0 bridgehead atoms. The summed E-state index contributed by atoms with van der Waals surface area (Å²) in [5, 5.41) is 8.99. The number of amides is 2. The van der Waals surface area contributed by atoms with E-state index >= 15 is 0 Å². The predicted octanol–water partition coefficient (Wildman–Crippen LogP) is 2.08. The zero-order valence-corrected chi connectivity index (χ0v) is 16.6. The quantitative estimate of drug-likeness (QED) is 0.778. The Balaban J connectivity index is 1.55. The highest BCUT2D eigenvalue weighted by molar-refractivity contribution is 5.98. The molecule has 0 saturated carbocycles. The average Bonchev–Trinajstić information content (AvgIpc) is 3.23. The number of hydrogen-bond donors (Lipinski definition) is 0. The standard InChI is InChI=1S/C23H23N3O4/c24-15-17-6-8-18(9-7-17)22(27)26-16-20(30-19-4-2-1-3-5-19)14-21(26)23(28)25-10-12-29-13-11-25/h1-9,20-21H,10-14,16H2. The second-order valence-electron chi connectivity index (χ2n) is 7.39. The Morgan fingerprint density at radius 1 is 1.03 bits per heavy atom. The molecular formula is C23H23N3O4. The summed E-state index contributed by atoms with van der Waals surface area (Å²) in [4.78, 5) is 29.8. The lowest BCUT2D eigenvalue weighted by Crippen LogP contribution is -2.51. The number of carbonyl (C=O) groups is 2. The van der Waals surface area contributed by atoms with Gasteiger partial charge in [0.05, 0.1) is 31.4 Å². The van der Waals surface area contributed by atoms with Crippen LogP contribution in [0.1, 0.15) is 22.3 Å². The van der Waals surface area contributed by atoms with Crippen LogP contribution >= 0.6 is 0 Å². The van der Waals surface area contributed by atoms with Gasteiger partial charge in [0.15, 0.2) is 0 Å². The van der Waals surface area contributed by atoms with Crippen molar-refractivity contribution in [1.82, 2.24) is 9.80 Å². The van der Waals surface area contributed by atoms with E-state index in [9.17, 15) is 9.59 Å². The van der Waals surface area contributed by atoms with Crippen molar-refractivity contribution in [2.75, 3.05) is 32.8 Å². The molecule has 0 aromatic heterocycles. The first kappa shape index (κ1) is 19.9. The van der Waals surface area contributed by atoms with Crippen molar-refractivity contribution in [2.45, 2.75) is 18.6 Å². The minimum absolute atomic E-state index is 0.0699. The van der Waals surface area contributed by atoms with Crippen LogP contribution in [0.2, 0.25) is 0 Å². The number of hydrogen-bond acceptors (Lipinski definition) is 5. The van der Waals surface area contributed by atoms with Crippen molar-refractivity contribution in [2.24, 2.45) is 0 Å². The normalized spacial score (nSPS) is 21.2. The number of likely N-dealkylation sites (tertiary alicyclic amines) is 1. The molecule has 2 atom stereocenters. The second kappa shape index (κ2) is 8.97. The summed E-state index contributed by atoms with van der Waals surface area (Å²) < 4.78 is 11.4. The summed E-state index contributed by atoms with van der Waals surface area (Å²) in [6.07, 6.45) is 0.164. The summed E-state index contributed by atoms with van der Waals surface area (Å²) in [6.45, 7) is 2.39. The van der Waals surface area contributed by atoms with E-state index in [1.54, 1.807) is 34.1 Å². The van der Waals surface area contributed by atoms with E-state index in [0.717, 1.165) is 0 Å². The van der Waals surface area contributed by atoms with Crippen molar-refractivity contribution in [3.05, 3.63) is 65.7 Å². The van der Waals surface area contributed by atoms with Gasteiger partial charge in [-0.1, -0.05) is 18.2 Å². The summed E-state index contributed by atoms with van der Waals surface area (Å²) >= 11 is 0. The van der Waals surface area contributed by atoms with Gasteiger partial charge in [-0.3, -0.25) is 9.59 Å². The number of para-hydroxylation sites is 1. The molecule has 154 valence electrons. The summed E-state index contributed by atoms with van der Waals surface area (Å²) in [5.74, 6) is 0.414. The van der Waals surface area contributed by atoms with Crippen LogP contribution in [0.3, 0.4) is 0 Å². The fraction of sp³-hybridized carbons (Fsp3) is 0.348. The van der Waals surface area contributed by atoms with Gasteiger partial charge in [-0.2, -0.15) is 5.26 Å². The molecule has 0 N–H and O–H groups in total. The van der Waals surface area contributed by atoms with Gasteiger partial charge in [0.25, 0.3) is 5.91 Å². The van der Waals surface area contributed by atoms with E-state index in [1.807, 2.05) is 36.4 Å². The number of nitriles is 1. The topological polar surface area (TPSA) is 82.9 Å². The molecule has 0 spiro atoms. The first-order valence-electron chi connectivity index (χ1n) is 10.0. The Labute approximate surface area is 175 Å². The molecule has 2 aromatic rings. The molecule has 2 heterocycles. The van der Waals surface area contributed by atoms with Gasteiger partial charge in [0.2, 0.25) is 5.91 Å². The number of rotatable bonds is 4. The molecule has 2 amide bonds. The molecule has 2 aromatic carbocycles. The third-order valence-electron chi connectivity index (χ3n) is 5.44. The van der Waals surface area contributed by atoms with E-state index in [2.05, 4.69) is 0 Å². The highest BCUT2D eigenvalue weighted by atomic mass is 16.5. The lowest BCUT2D eigenvalue weighted by atomic mass is 10.1. The average molecular weight is 405 g/mol. The zero-order chi connectivity index (χ0) is 20.9. The monoisotopic (exact) mass is 405 g/mol. The highest BCUT2D eigenvalue weighted by Gasteiger charge is 2.42. The summed E-state index contributed by atoms with van der Waals surface area (Å²) in [7, 11) is 0. The van der Waals surface area contributed by atoms with Crippen LogP contribution in [-0.4, -0.2) is 66.6 Å². The van der Waals surface area contributed by atoms with Crippen LogP contribution < -0.4 is 4.74 Å². The third kappa shape index (κ3) is 4.29. The highest BCUT2D eigenvalue weighted by Crippen LogP contribution is 2.26. The van der Waals surface area contributed by atoms with Crippen LogP contribution in [-0.2, 0) is 9.53 Å². The maximum atomic E-state index is 13.2. The molecular weight excluding hydrogens is 382 g/mol. The maximum Gasteiger partial charge on any atom is 0.254 e. The molecule has 2 unspecified atom stereocenters. The molecule has 0 radical (unpaired) electrons. The summed E-state index contributed by atoms with van der Waals surface area (Å²) in [6, 6.07) is 17.4. The van der Waals surface area contributed by atoms with Crippen molar-refractivity contribution in [1.29, 1.82) is 5.26 Å². The van der Waals surface area contributed by atoms with Gasteiger partial charge < -0.3 is 19.3 Å². The molecule has 7 nitrogen and oxygen atoms in total. The van der Waals surface area contributed by atoms with Gasteiger partial charge >= 0.3 is 0 Å². The molecule has 2 fully saturated rings.